The van der Waals surface area contributed by atoms with E-state index in [1.807, 2.05) is 54.6 Å². The molecule has 7 nitrogen and oxygen atoms in total. The SMILES string of the molecule is COc1ccc([C@H]2CC(c3ccccc3)=NN2C(=O)CN=[N+]=[N-])cc1. The van der Waals surface area contributed by atoms with Crippen molar-refractivity contribution in [1.29, 1.82) is 0 Å². The van der Waals surface area contributed by atoms with Gasteiger partial charge in [0.1, 0.15) is 12.3 Å². The van der Waals surface area contributed by atoms with Crippen LogP contribution in [0.15, 0.2) is 64.8 Å². The Kier molecular flexibility index (Phi) is 4.97. The fourth-order valence-electron chi connectivity index (χ4n) is 2.80. The van der Waals surface area contributed by atoms with Gasteiger partial charge in [0.15, 0.2) is 0 Å². The largest absolute Gasteiger partial charge is 0.497 e. The Morgan fingerprint density at radius 2 is 2.00 bits per heavy atom. The van der Waals surface area contributed by atoms with Gasteiger partial charge in [-0.15, -0.1) is 0 Å². The highest BCUT2D eigenvalue weighted by molar-refractivity contribution is 6.03. The van der Waals surface area contributed by atoms with Crippen LogP contribution in [0.3, 0.4) is 0 Å². The number of nitrogens with zero attached hydrogens (tertiary/aromatic N) is 5. The quantitative estimate of drug-likeness (QED) is 0.474. The van der Waals surface area contributed by atoms with Crippen LogP contribution < -0.4 is 4.74 Å². The molecule has 0 fully saturated rings. The van der Waals surface area contributed by atoms with Crippen LogP contribution in [0, 0.1) is 0 Å². The molecule has 1 amide bonds. The van der Waals surface area contributed by atoms with Crippen LogP contribution in [-0.4, -0.2) is 30.3 Å². The molecule has 1 heterocycles. The van der Waals surface area contributed by atoms with E-state index in [1.165, 1.54) is 5.01 Å². The summed E-state index contributed by atoms with van der Waals surface area (Å²) >= 11 is 0. The van der Waals surface area contributed by atoms with Crippen LogP contribution in [0.5, 0.6) is 5.75 Å². The second-order valence-corrected chi connectivity index (χ2v) is 5.53. The first kappa shape index (κ1) is 16.5. The van der Waals surface area contributed by atoms with Gasteiger partial charge in [0, 0.05) is 11.3 Å². The topological polar surface area (TPSA) is 90.7 Å². The van der Waals surface area contributed by atoms with Crippen LogP contribution in [0.25, 0.3) is 10.4 Å². The van der Waals surface area contributed by atoms with Gasteiger partial charge in [0.25, 0.3) is 0 Å². The molecule has 0 bridgehead atoms. The molecule has 1 aliphatic rings. The van der Waals surface area contributed by atoms with Gasteiger partial charge in [-0.2, -0.15) is 5.10 Å². The van der Waals surface area contributed by atoms with Gasteiger partial charge >= 0.3 is 0 Å². The van der Waals surface area contributed by atoms with Gasteiger partial charge in [-0.05, 0) is 28.8 Å². The summed E-state index contributed by atoms with van der Waals surface area (Å²) in [7, 11) is 1.61. The lowest BCUT2D eigenvalue weighted by atomic mass is 9.98. The van der Waals surface area contributed by atoms with Crippen LogP contribution >= 0.6 is 0 Å². The predicted octanol–water partition coefficient (Wildman–Crippen LogP) is 3.68. The van der Waals surface area contributed by atoms with Crippen molar-refractivity contribution < 1.29 is 9.53 Å². The molecule has 25 heavy (non-hydrogen) atoms. The third-order valence-electron chi connectivity index (χ3n) is 4.04. The molecule has 0 aliphatic carbocycles. The number of rotatable bonds is 5. The van der Waals surface area contributed by atoms with Crippen molar-refractivity contribution in [2.45, 2.75) is 12.5 Å². The van der Waals surface area contributed by atoms with Crippen molar-refractivity contribution in [3.63, 3.8) is 0 Å². The van der Waals surface area contributed by atoms with E-state index in [4.69, 9.17) is 10.3 Å². The van der Waals surface area contributed by atoms with E-state index < -0.39 is 0 Å². The molecule has 2 aromatic carbocycles. The van der Waals surface area contributed by atoms with Crippen LogP contribution in [-0.2, 0) is 4.79 Å². The Balaban J connectivity index is 1.92. The number of benzene rings is 2. The molecule has 0 saturated carbocycles. The lowest BCUT2D eigenvalue weighted by Gasteiger charge is -2.21. The van der Waals surface area contributed by atoms with E-state index in [9.17, 15) is 4.79 Å². The molecule has 0 spiro atoms. The van der Waals surface area contributed by atoms with Crippen LogP contribution in [0.1, 0.15) is 23.6 Å². The van der Waals surface area contributed by atoms with Gasteiger partial charge in [-0.3, -0.25) is 4.79 Å². The molecule has 0 unspecified atom stereocenters. The molecule has 1 atom stereocenters. The minimum Gasteiger partial charge on any atom is -0.497 e. The highest BCUT2D eigenvalue weighted by Gasteiger charge is 2.32. The predicted molar refractivity (Wildman–Crippen MR) is 94.2 cm³/mol. The van der Waals surface area contributed by atoms with Gasteiger partial charge < -0.3 is 4.74 Å². The molecule has 3 rings (SSSR count). The van der Waals surface area contributed by atoms with Gasteiger partial charge in [-0.25, -0.2) is 5.01 Å². The Labute approximate surface area is 145 Å². The number of azide groups is 1. The average molecular weight is 335 g/mol. The number of carbonyl (C=O) groups is 1. The molecule has 0 N–H and O–H groups in total. The van der Waals surface area contributed by atoms with Crippen molar-refractivity contribution in [2.75, 3.05) is 13.7 Å². The van der Waals surface area contributed by atoms with Gasteiger partial charge in [-0.1, -0.05) is 47.6 Å². The number of hydrogen-bond acceptors (Lipinski definition) is 4. The maximum atomic E-state index is 12.4. The summed E-state index contributed by atoms with van der Waals surface area (Å²) in [5.74, 6) is 0.419. The molecule has 0 aromatic heterocycles. The summed E-state index contributed by atoms with van der Waals surface area (Å²) in [4.78, 5) is 15.1. The van der Waals surface area contributed by atoms with Crippen LogP contribution in [0.4, 0.5) is 0 Å². The fourth-order valence-corrected chi connectivity index (χ4v) is 2.80. The zero-order valence-electron chi connectivity index (χ0n) is 13.7. The highest BCUT2D eigenvalue weighted by Crippen LogP contribution is 2.33. The number of hydrazone groups is 1. The minimum absolute atomic E-state index is 0.234. The molecular formula is C18H17N5O2. The number of carbonyl (C=O) groups excluding carboxylic acids is 1. The van der Waals surface area contributed by atoms with E-state index in [-0.39, 0.29) is 18.5 Å². The van der Waals surface area contributed by atoms with Crippen molar-refractivity contribution in [1.82, 2.24) is 5.01 Å². The summed E-state index contributed by atoms with van der Waals surface area (Å²) in [6.07, 6.45) is 0.596. The number of ether oxygens (including phenoxy) is 1. The summed E-state index contributed by atoms with van der Waals surface area (Å²) in [6, 6.07) is 17.0. The van der Waals surface area contributed by atoms with E-state index in [0.29, 0.717) is 6.42 Å². The Bertz CT molecular complexity index is 826. The summed E-state index contributed by atoms with van der Waals surface area (Å²) < 4.78 is 5.19. The van der Waals surface area contributed by atoms with Crippen molar-refractivity contribution in [3.05, 3.63) is 76.2 Å². The number of hydrogen-bond donors (Lipinski definition) is 0. The molecule has 126 valence electrons. The van der Waals surface area contributed by atoms with Crippen LogP contribution in [0.2, 0.25) is 0 Å². The van der Waals surface area contributed by atoms with E-state index in [1.54, 1.807) is 7.11 Å². The Morgan fingerprint density at radius 1 is 1.28 bits per heavy atom. The fraction of sp³-hybridized carbons (Fsp3) is 0.222. The summed E-state index contributed by atoms with van der Waals surface area (Å²) in [6.45, 7) is -0.255. The minimum atomic E-state index is -0.329. The van der Waals surface area contributed by atoms with E-state index >= 15 is 0 Å². The zero-order valence-corrected chi connectivity index (χ0v) is 13.7. The van der Waals surface area contributed by atoms with E-state index in [0.717, 1.165) is 22.6 Å². The molecular weight excluding hydrogens is 318 g/mol. The third-order valence-corrected chi connectivity index (χ3v) is 4.04. The molecule has 0 radical (unpaired) electrons. The second kappa shape index (κ2) is 7.51. The normalized spacial score (nSPS) is 16.1. The van der Waals surface area contributed by atoms with Gasteiger partial charge in [0.2, 0.25) is 5.91 Å². The molecule has 2 aromatic rings. The molecule has 0 saturated heterocycles. The Hall–Kier alpha value is -3.31. The van der Waals surface area contributed by atoms with E-state index in [2.05, 4.69) is 15.1 Å². The first-order valence-electron chi connectivity index (χ1n) is 7.82. The van der Waals surface area contributed by atoms with Crippen molar-refractivity contribution in [3.8, 4) is 5.75 Å². The monoisotopic (exact) mass is 335 g/mol. The van der Waals surface area contributed by atoms with Crippen molar-refractivity contribution >= 4 is 11.6 Å². The zero-order chi connectivity index (χ0) is 17.6. The van der Waals surface area contributed by atoms with Crippen molar-refractivity contribution in [2.24, 2.45) is 10.2 Å². The highest BCUT2D eigenvalue weighted by atomic mass is 16.5. The number of amides is 1. The molecule has 1 aliphatic heterocycles. The third kappa shape index (κ3) is 3.62. The maximum Gasteiger partial charge on any atom is 0.249 e. The second-order valence-electron chi connectivity index (χ2n) is 5.53. The average Bonchev–Trinajstić information content (AvgIpc) is 3.12. The standard InChI is InChI=1S/C18H17N5O2/c1-25-15-9-7-14(8-10-15)17-11-16(13-5-3-2-4-6-13)21-23(17)18(24)12-20-22-19/h2-10,17H,11-12H2,1H3/t17-/m1/s1. The molecule has 7 heteroatoms. The number of methoxy groups -OCH3 is 1. The first-order valence-corrected chi connectivity index (χ1v) is 7.82. The lowest BCUT2D eigenvalue weighted by Crippen LogP contribution is -2.28. The lowest BCUT2D eigenvalue weighted by molar-refractivity contribution is -0.131. The smallest absolute Gasteiger partial charge is 0.249 e. The first-order chi connectivity index (χ1) is 12.2. The summed E-state index contributed by atoms with van der Waals surface area (Å²) in [5, 5.41) is 9.28. The summed E-state index contributed by atoms with van der Waals surface area (Å²) in [5.41, 5.74) is 11.2. The maximum absolute atomic E-state index is 12.4. The Morgan fingerprint density at radius 3 is 2.64 bits per heavy atom. The van der Waals surface area contributed by atoms with Gasteiger partial charge in [0.05, 0.1) is 18.9 Å².